The lowest BCUT2D eigenvalue weighted by Gasteiger charge is -2.19. The molecule has 2 N–H and O–H groups in total. The molecular formula is C14H17N3O. The second kappa shape index (κ2) is 5.40. The first-order valence-corrected chi connectivity index (χ1v) is 5.74. The Labute approximate surface area is 107 Å². The summed E-state index contributed by atoms with van der Waals surface area (Å²) in [7, 11) is 3.70. The van der Waals surface area contributed by atoms with E-state index in [9.17, 15) is 0 Å². The first kappa shape index (κ1) is 12.2. The number of pyridine rings is 1. The maximum atomic E-state index is 5.68. The van der Waals surface area contributed by atoms with Crippen LogP contribution in [0.3, 0.4) is 0 Å². The van der Waals surface area contributed by atoms with Crippen molar-refractivity contribution in [2.45, 2.75) is 6.54 Å². The average Bonchev–Trinajstić information content (AvgIpc) is 2.39. The molecule has 1 aromatic heterocycles. The summed E-state index contributed by atoms with van der Waals surface area (Å²) in [4.78, 5) is 6.11. The number of benzene rings is 1. The molecule has 0 bridgehead atoms. The normalized spacial score (nSPS) is 10.1. The minimum absolute atomic E-state index is 0.532. The second-order valence-electron chi connectivity index (χ2n) is 4.15. The Kier molecular flexibility index (Phi) is 3.67. The molecule has 0 aliphatic carbocycles. The minimum atomic E-state index is 0.532. The lowest BCUT2D eigenvalue weighted by molar-refractivity contribution is 0.414. The number of nitrogens with zero attached hydrogens (tertiary/aromatic N) is 2. The highest BCUT2D eigenvalue weighted by Crippen LogP contribution is 2.19. The van der Waals surface area contributed by atoms with Crippen LogP contribution in [-0.4, -0.2) is 19.1 Å². The van der Waals surface area contributed by atoms with Crippen LogP contribution in [0.1, 0.15) is 5.56 Å². The number of anilines is 2. The van der Waals surface area contributed by atoms with Gasteiger partial charge in [-0.2, -0.15) is 0 Å². The molecule has 0 unspecified atom stereocenters. The number of aromatic nitrogens is 1. The van der Waals surface area contributed by atoms with Crippen LogP contribution in [-0.2, 0) is 6.54 Å². The number of hydrogen-bond acceptors (Lipinski definition) is 4. The van der Waals surface area contributed by atoms with Crippen molar-refractivity contribution in [1.29, 1.82) is 0 Å². The summed E-state index contributed by atoms with van der Waals surface area (Å²) in [5, 5.41) is 0. The Balaban J connectivity index is 2.13. The molecule has 0 aliphatic rings. The van der Waals surface area contributed by atoms with Gasteiger partial charge in [-0.05, 0) is 23.8 Å². The summed E-state index contributed by atoms with van der Waals surface area (Å²) in [5.74, 6) is 1.40. The van der Waals surface area contributed by atoms with E-state index in [1.54, 1.807) is 13.3 Å². The van der Waals surface area contributed by atoms with E-state index in [0.717, 1.165) is 18.0 Å². The highest BCUT2D eigenvalue weighted by molar-refractivity contribution is 5.51. The van der Waals surface area contributed by atoms with Crippen molar-refractivity contribution in [3.05, 3.63) is 48.2 Å². The molecular weight excluding hydrogens is 226 g/mol. The predicted molar refractivity (Wildman–Crippen MR) is 73.8 cm³/mol. The van der Waals surface area contributed by atoms with Crippen LogP contribution in [0.5, 0.6) is 5.75 Å². The van der Waals surface area contributed by atoms with Gasteiger partial charge in [0.05, 0.1) is 7.11 Å². The number of methoxy groups -OCH3 is 1. The zero-order chi connectivity index (χ0) is 13.0. The number of nitrogens with two attached hydrogens (primary N) is 1. The second-order valence-corrected chi connectivity index (χ2v) is 4.15. The molecule has 2 aromatic rings. The van der Waals surface area contributed by atoms with Crippen LogP contribution in [0.4, 0.5) is 11.5 Å². The first-order valence-electron chi connectivity index (χ1n) is 5.74. The molecule has 0 saturated carbocycles. The van der Waals surface area contributed by atoms with Gasteiger partial charge in [0, 0.05) is 31.5 Å². The summed E-state index contributed by atoms with van der Waals surface area (Å²) in [5.41, 5.74) is 7.91. The molecule has 0 radical (unpaired) electrons. The molecule has 18 heavy (non-hydrogen) atoms. The van der Waals surface area contributed by atoms with E-state index in [1.807, 2.05) is 37.4 Å². The van der Waals surface area contributed by atoms with Gasteiger partial charge >= 0.3 is 0 Å². The van der Waals surface area contributed by atoms with Gasteiger partial charge in [-0.3, -0.25) is 0 Å². The SMILES string of the molecule is COc1cccc(CN(C)c2ccnc(N)c2)c1. The van der Waals surface area contributed by atoms with Crippen LogP contribution in [0.2, 0.25) is 0 Å². The third-order valence-corrected chi connectivity index (χ3v) is 2.76. The van der Waals surface area contributed by atoms with E-state index in [1.165, 1.54) is 5.56 Å². The molecule has 0 spiro atoms. The van der Waals surface area contributed by atoms with Gasteiger partial charge < -0.3 is 15.4 Å². The van der Waals surface area contributed by atoms with Crippen molar-refractivity contribution in [3.8, 4) is 5.75 Å². The smallest absolute Gasteiger partial charge is 0.125 e. The van der Waals surface area contributed by atoms with Gasteiger partial charge in [0.1, 0.15) is 11.6 Å². The predicted octanol–water partition coefficient (Wildman–Crippen LogP) is 2.31. The molecule has 1 heterocycles. The van der Waals surface area contributed by atoms with E-state index in [4.69, 9.17) is 10.5 Å². The zero-order valence-electron chi connectivity index (χ0n) is 10.6. The van der Waals surface area contributed by atoms with E-state index >= 15 is 0 Å². The zero-order valence-corrected chi connectivity index (χ0v) is 10.6. The Bertz CT molecular complexity index is 528. The molecule has 2 rings (SSSR count). The third-order valence-electron chi connectivity index (χ3n) is 2.76. The van der Waals surface area contributed by atoms with Crippen molar-refractivity contribution in [2.75, 3.05) is 24.8 Å². The monoisotopic (exact) mass is 243 g/mol. The topological polar surface area (TPSA) is 51.4 Å². The van der Waals surface area contributed by atoms with Crippen LogP contribution in [0.25, 0.3) is 0 Å². The molecule has 4 heteroatoms. The molecule has 0 saturated heterocycles. The lowest BCUT2D eigenvalue weighted by atomic mass is 10.2. The standard InChI is InChI=1S/C14H17N3O/c1-17(12-6-7-16-14(15)9-12)10-11-4-3-5-13(8-11)18-2/h3-9H,10H2,1-2H3,(H2,15,16). The molecule has 0 fully saturated rings. The van der Waals surface area contributed by atoms with Crippen molar-refractivity contribution in [1.82, 2.24) is 4.98 Å². The van der Waals surface area contributed by atoms with Gasteiger partial charge in [0.2, 0.25) is 0 Å². The third kappa shape index (κ3) is 2.91. The Morgan fingerprint density at radius 3 is 2.83 bits per heavy atom. The fourth-order valence-electron chi connectivity index (χ4n) is 1.81. The van der Waals surface area contributed by atoms with E-state index in [0.29, 0.717) is 5.82 Å². The molecule has 0 atom stereocenters. The molecule has 0 amide bonds. The van der Waals surface area contributed by atoms with Crippen molar-refractivity contribution in [2.24, 2.45) is 0 Å². The minimum Gasteiger partial charge on any atom is -0.497 e. The summed E-state index contributed by atoms with van der Waals surface area (Å²) < 4.78 is 5.21. The lowest BCUT2D eigenvalue weighted by Crippen LogP contribution is -2.16. The molecule has 0 aliphatic heterocycles. The summed E-state index contributed by atoms with van der Waals surface area (Å²) in [6.45, 7) is 0.792. The Morgan fingerprint density at radius 1 is 1.28 bits per heavy atom. The van der Waals surface area contributed by atoms with Crippen LogP contribution >= 0.6 is 0 Å². The summed E-state index contributed by atoms with van der Waals surface area (Å²) >= 11 is 0. The van der Waals surface area contributed by atoms with Gasteiger partial charge in [-0.1, -0.05) is 12.1 Å². The Hall–Kier alpha value is -2.23. The number of rotatable bonds is 4. The number of ether oxygens (including phenoxy) is 1. The van der Waals surface area contributed by atoms with Gasteiger partial charge in [-0.25, -0.2) is 4.98 Å². The Morgan fingerprint density at radius 2 is 2.11 bits per heavy atom. The maximum absolute atomic E-state index is 5.68. The van der Waals surface area contributed by atoms with Gasteiger partial charge in [-0.15, -0.1) is 0 Å². The first-order chi connectivity index (χ1) is 8.69. The van der Waals surface area contributed by atoms with Crippen LogP contribution in [0, 0.1) is 0 Å². The number of hydrogen-bond donors (Lipinski definition) is 1. The molecule has 94 valence electrons. The summed E-state index contributed by atoms with van der Waals surface area (Å²) in [6.07, 6.45) is 1.72. The maximum Gasteiger partial charge on any atom is 0.125 e. The van der Waals surface area contributed by atoms with Gasteiger partial charge in [0.15, 0.2) is 0 Å². The van der Waals surface area contributed by atoms with Crippen molar-refractivity contribution < 1.29 is 4.74 Å². The van der Waals surface area contributed by atoms with Gasteiger partial charge in [0.25, 0.3) is 0 Å². The average molecular weight is 243 g/mol. The highest BCUT2D eigenvalue weighted by Gasteiger charge is 2.03. The van der Waals surface area contributed by atoms with Crippen LogP contribution in [0.15, 0.2) is 42.6 Å². The van der Waals surface area contributed by atoms with Crippen molar-refractivity contribution >= 4 is 11.5 Å². The highest BCUT2D eigenvalue weighted by atomic mass is 16.5. The van der Waals surface area contributed by atoms with Crippen molar-refractivity contribution in [3.63, 3.8) is 0 Å². The fraction of sp³-hybridized carbons (Fsp3) is 0.214. The van der Waals surface area contributed by atoms with Crippen LogP contribution < -0.4 is 15.4 Å². The largest absolute Gasteiger partial charge is 0.497 e. The summed E-state index contributed by atoms with van der Waals surface area (Å²) in [6, 6.07) is 11.8. The number of nitrogen functional groups attached to an aromatic ring is 1. The quantitative estimate of drug-likeness (QED) is 0.895. The van der Waals surface area contributed by atoms with E-state index < -0.39 is 0 Å². The van der Waals surface area contributed by atoms with E-state index in [-0.39, 0.29) is 0 Å². The van der Waals surface area contributed by atoms with E-state index in [2.05, 4.69) is 16.0 Å². The fourth-order valence-corrected chi connectivity index (χ4v) is 1.81. The molecule has 4 nitrogen and oxygen atoms in total. The molecule has 1 aromatic carbocycles.